The zero-order valence-electron chi connectivity index (χ0n) is 11.7. The molecule has 5 nitrogen and oxygen atoms in total. The van der Waals surface area contributed by atoms with Gasteiger partial charge >= 0.3 is 0 Å². The fourth-order valence-electron chi connectivity index (χ4n) is 1.70. The fraction of sp³-hybridized carbons (Fsp3) is 0.286. The number of hydrogen-bond acceptors (Lipinski definition) is 5. The second kappa shape index (κ2) is 7.45. The van der Waals surface area contributed by atoms with E-state index in [9.17, 15) is 0 Å². The molecule has 0 radical (unpaired) electrons. The van der Waals surface area contributed by atoms with E-state index in [1.165, 1.54) is 0 Å². The van der Waals surface area contributed by atoms with Crippen molar-refractivity contribution in [2.24, 2.45) is 5.73 Å². The molecule has 0 saturated carbocycles. The van der Waals surface area contributed by atoms with E-state index in [0.717, 1.165) is 17.7 Å². The van der Waals surface area contributed by atoms with Crippen molar-refractivity contribution in [2.75, 3.05) is 23.7 Å². The summed E-state index contributed by atoms with van der Waals surface area (Å²) in [5.74, 6) is 1.01. The first-order chi connectivity index (χ1) is 10.1. The molecule has 21 heavy (non-hydrogen) atoms. The van der Waals surface area contributed by atoms with Crippen molar-refractivity contribution in [1.29, 1.82) is 0 Å². The molecule has 1 aromatic heterocycles. The molecule has 0 aliphatic rings. The van der Waals surface area contributed by atoms with Crippen molar-refractivity contribution >= 4 is 40.7 Å². The van der Waals surface area contributed by atoms with Crippen LogP contribution >= 0.6 is 23.2 Å². The first kappa shape index (κ1) is 15.8. The molecule has 0 unspecified atom stereocenters. The van der Waals surface area contributed by atoms with Crippen LogP contribution in [0, 0.1) is 6.92 Å². The van der Waals surface area contributed by atoms with Gasteiger partial charge in [-0.15, -0.1) is 0 Å². The number of rotatable bonds is 6. The highest BCUT2D eigenvalue weighted by Gasteiger charge is 2.07. The number of benzene rings is 1. The number of nitrogens with one attached hydrogen (secondary N) is 2. The lowest BCUT2D eigenvalue weighted by Crippen LogP contribution is -2.10. The van der Waals surface area contributed by atoms with Gasteiger partial charge in [0.2, 0.25) is 5.95 Å². The Hall–Kier alpha value is -1.56. The molecular formula is C14H17Cl2N5. The van der Waals surface area contributed by atoms with Gasteiger partial charge in [-0.1, -0.05) is 29.3 Å². The predicted octanol–water partition coefficient (Wildman–Crippen LogP) is 3.60. The van der Waals surface area contributed by atoms with Gasteiger partial charge in [0.15, 0.2) is 0 Å². The molecule has 0 fully saturated rings. The van der Waals surface area contributed by atoms with Crippen molar-refractivity contribution in [3.63, 3.8) is 0 Å². The molecule has 0 aliphatic carbocycles. The molecule has 0 atom stereocenters. The van der Waals surface area contributed by atoms with Crippen molar-refractivity contribution in [3.05, 3.63) is 40.0 Å². The number of aryl methyl sites for hydroxylation is 1. The van der Waals surface area contributed by atoms with E-state index in [4.69, 9.17) is 28.9 Å². The van der Waals surface area contributed by atoms with E-state index in [-0.39, 0.29) is 0 Å². The topological polar surface area (TPSA) is 75.9 Å². The molecule has 0 bridgehead atoms. The SMILES string of the molecule is Cc1ccc(Nc2ncc(Cl)c(NCCCN)n2)c(Cl)c1. The van der Waals surface area contributed by atoms with Gasteiger partial charge in [-0.05, 0) is 37.6 Å². The van der Waals surface area contributed by atoms with Crippen LogP contribution in [0.25, 0.3) is 0 Å². The van der Waals surface area contributed by atoms with Gasteiger partial charge < -0.3 is 16.4 Å². The molecule has 112 valence electrons. The predicted molar refractivity (Wildman–Crippen MR) is 88.7 cm³/mol. The third-order valence-corrected chi connectivity index (χ3v) is 3.38. The maximum Gasteiger partial charge on any atom is 0.229 e. The Labute approximate surface area is 133 Å². The molecule has 2 rings (SSSR count). The Morgan fingerprint density at radius 3 is 2.76 bits per heavy atom. The van der Waals surface area contributed by atoms with Crippen LogP contribution in [0.1, 0.15) is 12.0 Å². The largest absolute Gasteiger partial charge is 0.369 e. The quantitative estimate of drug-likeness (QED) is 0.707. The lowest BCUT2D eigenvalue weighted by Gasteiger charge is -2.11. The summed E-state index contributed by atoms with van der Waals surface area (Å²) >= 11 is 12.2. The summed E-state index contributed by atoms with van der Waals surface area (Å²) < 4.78 is 0. The molecule has 7 heteroatoms. The van der Waals surface area contributed by atoms with E-state index < -0.39 is 0 Å². The van der Waals surface area contributed by atoms with Crippen LogP contribution in [0.4, 0.5) is 17.5 Å². The van der Waals surface area contributed by atoms with Crippen LogP contribution in [0.3, 0.4) is 0 Å². The second-order valence-electron chi connectivity index (χ2n) is 4.57. The van der Waals surface area contributed by atoms with E-state index >= 15 is 0 Å². The minimum atomic E-state index is 0.431. The van der Waals surface area contributed by atoms with E-state index in [2.05, 4.69) is 20.6 Å². The van der Waals surface area contributed by atoms with Crippen LogP contribution in [0.15, 0.2) is 24.4 Å². The molecule has 1 heterocycles. The Kier molecular flexibility index (Phi) is 5.61. The zero-order chi connectivity index (χ0) is 15.2. The first-order valence-corrected chi connectivity index (χ1v) is 7.35. The molecule has 1 aromatic carbocycles. The minimum absolute atomic E-state index is 0.431. The van der Waals surface area contributed by atoms with Gasteiger partial charge in [0, 0.05) is 6.54 Å². The first-order valence-electron chi connectivity index (χ1n) is 6.60. The maximum absolute atomic E-state index is 6.18. The van der Waals surface area contributed by atoms with Crippen molar-refractivity contribution in [1.82, 2.24) is 9.97 Å². The number of nitrogens with two attached hydrogens (primary N) is 1. The average molecular weight is 326 g/mol. The highest BCUT2D eigenvalue weighted by Crippen LogP contribution is 2.26. The zero-order valence-corrected chi connectivity index (χ0v) is 13.2. The fourth-order valence-corrected chi connectivity index (χ4v) is 2.14. The summed E-state index contributed by atoms with van der Waals surface area (Å²) in [5, 5.41) is 7.29. The smallest absolute Gasteiger partial charge is 0.229 e. The summed E-state index contributed by atoms with van der Waals surface area (Å²) in [4.78, 5) is 8.49. The molecule has 0 spiro atoms. The molecule has 0 saturated heterocycles. The minimum Gasteiger partial charge on any atom is -0.369 e. The number of nitrogens with zero attached hydrogens (tertiary/aromatic N) is 2. The Balaban J connectivity index is 2.14. The van der Waals surface area contributed by atoms with Gasteiger partial charge in [-0.2, -0.15) is 4.98 Å². The maximum atomic E-state index is 6.18. The van der Waals surface area contributed by atoms with Gasteiger partial charge in [0.1, 0.15) is 10.8 Å². The lowest BCUT2D eigenvalue weighted by molar-refractivity contribution is 0.869. The Bertz CT molecular complexity index is 618. The number of anilines is 3. The van der Waals surface area contributed by atoms with Gasteiger partial charge in [-0.25, -0.2) is 4.98 Å². The molecule has 0 aliphatic heterocycles. The van der Waals surface area contributed by atoms with Gasteiger partial charge in [-0.3, -0.25) is 0 Å². The van der Waals surface area contributed by atoms with E-state index in [1.54, 1.807) is 6.20 Å². The van der Waals surface area contributed by atoms with Crippen LogP contribution < -0.4 is 16.4 Å². The van der Waals surface area contributed by atoms with E-state index in [1.807, 2.05) is 25.1 Å². The number of hydrogen-bond donors (Lipinski definition) is 3. The Morgan fingerprint density at radius 2 is 2.05 bits per heavy atom. The molecule has 2 aromatic rings. The molecule has 0 amide bonds. The summed E-state index contributed by atoms with van der Waals surface area (Å²) in [6.45, 7) is 3.30. The van der Waals surface area contributed by atoms with Crippen LogP contribution in [0.5, 0.6) is 0 Å². The lowest BCUT2D eigenvalue weighted by atomic mass is 10.2. The Morgan fingerprint density at radius 1 is 1.24 bits per heavy atom. The third-order valence-electron chi connectivity index (χ3n) is 2.79. The number of aromatic nitrogens is 2. The average Bonchev–Trinajstić information content (AvgIpc) is 2.45. The molecule has 4 N–H and O–H groups in total. The summed E-state index contributed by atoms with van der Waals surface area (Å²) in [7, 11) is 0. The van der Waals surface area contributed by atoms with Gasteiger partial charge in [0.05, 0.1) is 16.9 Å². The molecular weight excluding hydrogens is 309 g/mol. The van der Waals surface area contributed by atoms with E-state index in [0.29, 0.717) is 34.9 Å². The summed E-state index contributed by atoms with van der Waals surface area (Å²) in [5.41, 5.74) is 7.30. The summed E-state index contributed by atoms with van der Waals surface area (Å²) in [6.07, 6.45) is 2.39. The summed E-state index contributed by atoms with van der Waals surface area (Å²) in [6, 6.07) is 5.72. The highest BCUT2D eigenvalue weighted by atomic mass is 35.5. The van der Waals surface area contributed by atoms with Crippen molar-refractivity contribution < 1.29 is 0 Å². The van der Waals surface area contributed by atoms with Crippen LogP contribution in [-0.4, -0.2) is 23.1 Å². The number of halogens is 2. The standard InChI is InChI=1S/C14H17Cl2N5/c1-9-3-4-12(10(15)7-9)20-14-19-8-11(16)13(21-14)18-6-2-5-17/h3-4,7-8H,2,5-6,17H2,1H3,(H2,18,19,20,21). The second-order valence-corrected chi connectivity index (χ2v) is 5.38. The van der Waals surface area contributed by atoms with Crippen molar-refractivity contribution in [3.8, 4) is 0 Å². The monoisotopic (exact) mass is 325 g/mol. The van der Waals surface area contributed by atoms with Crippen molar-refractivity contribution in [2.45, 2.75) is 13.3 Å². The highest BCUT2D eigenvalue weighted by molar-refractivity contribution is 6.33. The van der Waals surface area contributed by atoms with Crippen LogP contribution in [0.2, 0.25) is 10.0 Å². The third kappa shape index (κ3) is 4.46. The normalized spacial score (nSPS) is 10.5. The van der Waals surface area contributed by atoms with Crippen LogP contribution in [-0.2, 0) is 0 Å². The van der Waals surface area contributed by atoms with Gasteiger partial charge in [0.25, 0.3) is 0 Å².